The van der Waals surface area contributed by atoms with Crippen LogP contribution in [0.5, 0.6) is 5.75 Å². The molecule has 0 unspecified atom stereocenters. The lowest BCUT2D eigenvalue weighted by atomic mass is 10.3. The number of hydrogen-bond donors (Lipinski definition) is 1. The highest BCUT2D eigenvalue weighted by molar-refractivity contribution is 7.99. The van der Waals surface area contributed by atoms with E-state index in [9.17, 15) is 0 Å². The van der Waals surface area contributed by atoms with Crippen molar-refractivity contribution >= 4 is 29.1 Å². The van der Waals surface area contributed by atoms with E-state index in [0.29, 0.717) is 17.3 Å². The van der Waals surface area contributed by atoms with E-state index in [1.165, 1.54) is 0 Å². The van der Waals surface area contributed by atoms with Crippen molar-refractivity contribution in [1.29, 1.82) is 0 Å². The third kappa shape index (κ3) is 4.13. The van der Waals surface area contributed by atoms with Gasteiger partial charge >= 0.3 is 0 Å². The first-order valence-corrected chi connectivity index (χ1v) is 6.83. The first-order chi connectivity index (χ1) is 8.74. The Morgan fingerprint density at radius 2 is 2.17 bits per heavy atom. The van der Waals surface area contributed by atoms with E-state index in [0.717, 1.165) is 16.5 Å². The normalized spacial score (nSPS) is 10.3. The standard InChI is InChI=1S/C13H13ClN2OS/c14-10-2-1-3-12(8-10)17-6-7-18-13-5-4-11(15)9-16-13/h1-5,8-9H,6-7,15H2. The zero-order valence-corrected chi connectivity index (χ0v) is 11.2. The number of ether oxygens (including phenoxy) is 1. The molecular formula is C13H13ClN2OS. The summed E-state index contributed by atoms with van der Waals surface area (Å²) in [5.74, 6) is 1.61. The Bertz CT molecular complexity index is 505. The summed E-state index contributed by atoms with van der Waals surface area (Å²) in [4.78, 5) is 4.20. The second kappa shape index (κ2) is 6.52. The average Bonchev–Trinajstić information content (AvgIpc) is 2.37. The average molecular weight is 281 g/mol. The molecule has 0 aliphatic carbocycles. The SMILES string of the molecule is Nc1ccc(SCCOc2cccc(Cl)c2)nc1. The van der Waals surface area contributed by atoms with Crippen molar-refractivity contribution in [3.8, 4) is 5.75 Å². The molecular weight excluding hydrogens is 268 g/mol. The van der Waals surface area contributed by atoms with E-state index in [2.05, 4.69) is 4.98 Å². The molecule has 0 fully saturated rings. The van der Waals surface area contributed by atoms with Crippen LogP contribution < -0.4 is 10.5 Å². The summed E-state index contributed by atoms with van der Waals surface area (Å²) in [5, 5.41) is 1.62. The molecule has 0 aliphatic heterocycles. The monoisotopic (exact) mass is 280 g/mol. The van der Waals surface area contributed by atoms with Crippen LogP contribution in [0.4, 0.5) is 5.69 Å². The maximum atomic E-state index is 5.86. The number of nitrogens with zero attached hydrogens (tertiary/aromatic N) is 1. The van der Waals surface area contributed by atoms with Crippen LogP contribution in [0, 0.1) is 0 Å². The predicted octanol–water partition coefficient (Wildman–Crippen LogP) is 3.49. The number of rotatable bonds is 5. The van der Waals surface area contributed by atoms with Gasteiger partial charge in [-0.15, -0.1) is 11.8 Å². The minimum atomic E-state index is 0.608. The van der Waals surface area contributed by atoms with Crippen LogP contribution in [0.1, 0.15) is 0 Å². The molecule has 18 heavy (non-hydrogen) atoms. The largest absolute Gasteiger partial charge is 0.493 e. The topological polar surface area (TPSA) is 48.1 Å². The zero-order chi connectivity index (χ0) is 12.8. The van der Waals surface area contributed by atoms with Gasteiger partial charge < -0.3 is 10.5 Å². The summed E-state index contributed by atoms with van der Waals surface area (Å²) in [6.07, 6.45) is 1.65. The van der Waals surface area contributed by atoms with Gasteiger partial charge in [-0.3, -0.25) is 0 Å². The lowest BCUT2D eigenvalue weighted by Gasteiger charge is -2.06. The third-order valence-electron chi connectivity index (χ3n) is 2.16. The minimum absolute atomic E-state index is 0.608. The van der Waals surface area contributed by atoms with Gasteiger partial charge in [0.05, 0.1) is 23.5 Å². The fraction of sp³-hybridized carbons (Fsp3) is 0.154. The van der Waals surface area contributed by atoms with Gasteiger partial charge in [0.1, 0.15) is 5.75 Å². The molecule has 2 rings (SSSR count). The van der Waals surface area contributed by atoms with Gasteiger partial charge in [-0.25, -0.2) is 4.98 Å². The molecule has 1 aromatic heterocycles. The molecule has 0 amide bonds. The van der Waals surface area contributed by atoms with E-state index in [-0.39, 0.29) is 0 Å². The molecule has 1 aromatic carbocycles. The zero-order valence-electron chi connectivity index (χ0n) is 9.67. The molecule has 2 aromatic rings. The number of hydrogen-bond acceptors (Lipinski definition) is 4. The van der Waals surface area contributed by atoms with Crippen LogP contribution in [0.25, 0.3) is 0 Å². The van der Waals surface area contributed by atoms with E-state index in [1.54, 1.807) is 24.0 Å². The molecule has 0 radical (unpaired) electrons. The van der Waals surface area contributed by atoms with E-state index >= 15 is 0 Å². The molecule has 0 atom stereocenters. The molecule has 94 valence electrons. The van der Waals surface area contributed by atoms with Crippen LogP contribution >= 0.6 is 23.4 Å². The highest BCUT2D eigenvalue weighted by atomic mass is 35.5. The number of thioether (sulfide) groups is 1. The number of halogens is 1. The van der Waals surface area contributed by atoms with Gasteiger partial charge in [-0.2, -0.15) is 0 Å². The van der Waals surface area contributed by atoms with E-state index in [4.69, 9.17) is 22.1 Å². The van der Waals surface area contributed by atoms with Crippen LogP contribution in [-0.2, 0) is 0 Å². The van der Waals surface area contributed by atoms with Crippen LogP contribution in [0.15, 0.2) is 47.6 Å². The van der Waals surface area contributed by atoms with Crippen molar-refractivity contribution in [3.63, 3.8) is 0 Å². The molecule has 0 saturated carbocycles. The Labute approximate surface area is 115 Å². The lowest BCUT2D eigenvalue weighted by Crippen LogP contribution is -2.00. The maximum absolute atomic E-state index is 5.86. The molecule has 3 nitrogen and oxygen atoms in total. The highest BCUT2D eigenvalue weighted by Crippen LogP contribution is 2.19. The first-order valence-electron chi connectivity index (χ1n) is 5.47. The van der Waals surface area contributed by atoms with Gasteiger partial charge in [0.25, 0.3) is 0 Å². The molecule has 5 heteroatoms. The summed E-state index contributed by atoms with van der Waals surface area (Å²) in [5.41, 5.74) is 6.24. The number of nitrogen functional groups attached to an aromatic ring is 1. The maximum Gasteiger partial charge on any atom is 0.120 e. The first kappa shape index (κ1) is 13.1. The summed E-state index contributed by atoms with van der Waals surface area (Å²) in [6.45, 7) is 0.608. The molecule has 0 saturated heterocycles. The molecule has 0 aliphatic rings. The van der Waals surface area contributed by atoms with Gasteiger partial charge in [0.15, 0.2) is 0 Å². The predicted molar refractivity (Wildman–Crippen MR) is 76.3 cm³/mol. The van der Waals surface area contributed by atoms with Crippen molar-refractivity contribution in [2.45, 2.75) is 5.03 Å². The Hall–Kier alpha value is -1.39. The molecule has 0 bridgehead atoms. The molecule has 2 N–H and O–H groups in total. The van der Waals surface area contributed by atoms with Gasteiger partial charge in [-0.05, 0) is 30.3 Å². The number of pyridine rings is 1. The Morgan fingerprint density at radius 3 is 2.89 bits per heavy atom. The van der Waals surface area contributed by atoms with Gasteiger partial charge in [0.2, 0.25) is 0 Å². The Morgan fingerprint density at radius 1 is 1.28 bits per heavy atom. The van der Waals surface area contributed by atoms with Crippen molar-refractivity contribution in [3.05, 3.63) is 47.6 Å². The quantitative estimate of drug-likeness (QED) is 0.673. The van der Waals surface area contributed by atoms with E-state index in [1.807, 2.05) is 30.3 Å². The smallest absolute Gasteiger partial charge is 0.120 e. The number of anilines is 1. The summed E-state index contributed by atoms with van der Waals surface area (Å²) < 4.78 is 5.57. The highest BCUT2D eigenvalue weighted by Gasteiger charge is 1.97. The number of nitrogens with two attached hydrogens (primary N) is 1. The Kier molecular flexibility index (Phi) is 4.73. The van der Waals surface area contributed by atoms with Crippen LogP contribution in [0.3, 0.4) is 0 Å². The fourth-order valence-electron chi connectivity index (χ4n) is 1.34. The lowest BCUT2D eigenvalue weighted by molar-refractivity contribution is 0.344. The number of aromatic nitrogens is 1. The minimum Gasteiger partial charge on any atom is -0.493 e. The van der Waals surface area contributed by atoms with Crippen molar-refractivity contribution in [1.82, 2.24) is 4.98 Å². The summed E-state index contributed by atoms with van der Waals surface area (Å²) in [6, 6.07) is 11.1. The summed E-state index contributed by atoms with van der Waals surface area (Å²) in [7, 11) is 0. The van der Waals surface area contributed by atoms with Crippen molar-refractivity contribution in [2.75, 3.05) is 18.1 Å². The van der Waals surface area contributed by atoms with Crippen LogP contribution in [0.2, 0.25) is 5.02 Å². The van der Waals surface area contributed by atoms with Gasteiger partial charge in [-0.1, -0.05) is 17.7 Å². The van der Waals surface area contributed by atoms with E-state index < -0.39 is 0 Å². The molecule has 1 heterocycles. The molecule has 0 spiro atoms. The summed E-state index contributed by atoms with van der Waals surface area (Å²) >= 11 is 7.49. The number of benzene rings is 1. The fourth-order valence-corrected chi connectivity index (χ4v) is 2.19. The van der Waals surface area contributed by atoms with Crippen molar-refractivity contribution < 1.29 is 4.74 Å². The second-order valence-corrected chi connectivity index (χ2v) is 5.14. The Balaban J connectivity index is 1.74. The van der Waals surface area contributed by atoms with Crippen molar-refractivity contribution in [2.24, 2.45) is 0 Å². The van der Waals surface area contributed by atoms with Gasteiger partial charge in [0, 0.05) is 10.8 Å². The van der Waals surface area contributed by atoms with Crippen LogP contribution in [-0.4, -0.2) is 17.3 Å². The second-order valence-electron chi connectivity index (χ2n) is 3.58. The third-order valence-corrected chi connectivity index (χ3v) is 3.30.